The number of hydrogen-bond acceptors (Lipinski definition) is 10. The maximum absolute atomic E-state index is 12.2. The Morgan fingerprint density at radius 3 is 1.60 bits per heavy atom. The number of carbonyl (C=O) groups excluding carboxylic acids is 3. The normalized spacial score (nSPS) is 23.9. The second-order valence-corrected chi connectivity index (χ2v) is 19.7. The number of ether oxygens (including phenoxy) is 1. The van der Waals surface area contributed by atoms with Crippen LogP contribution in [0, 0.1) is 23.7 Å². The number of amides is 1. The zero-order valence-electron chi connectivity index (χ0n) is 28.3. The molecule has 0 aromatic heterocycles. The molecule has 12 nitrogen and oxygen atoms in total. The zero-order valence-corrected chi connectivity index (χ0v) is 29.9. The van der Waals surface area contributed by atoms with Gasteiger partial charge < -0.3 is 15.5 Å². The van der Waals surface area contributed by atoms with Crippen molar-refractivity contribution in [3.05, 3.63) is 11.6 Å². The largest absolute Gasteiger partial charge is 0.466 e. The van der Waals surface area contributed by atoms with Gasteiger partial charge in [0.05, 0.1) is 27.6 Å². The zero-order chi connectivity index (χ0) is 33.9. The first-order chi connectivity index (χ1) is 20.3. The monoisotopic (exact) mass is 681 g/mol. The van der Waals surface area contributed by atoms with E-state index in [9.17, 15) is 31.2 Å². The number of nitrogens with one attached hydrogen (secondary N) is 1. The fraction of sp³-hybridized carbons (Fsp3) is 0.839. The van der Waals surface area contributed by atoms with Crippen LogP contribution in [0.3, 0.4) is 0 Å². The summed E-state index contributed by atoms with van der Waals surface area (Å²) < 4.78 is 52.3. The van der Waals surface area contributed by atoms with Crippen molar-refractivity contribution in [2.45, 2.75) is 116 Å². The summed E-state index contributed by atoms with van der Waals surface area (Å²) in [6.45, 7) is 13.1. The standard InChI is InChI=1S/C16H28O5S.C15H25NO3S.H4N2.H2O/c1-5-21-15(18)10-14(17)13-8-6-12(7-9-13)11-22(19,20)16(2,3)4;1-15(2,3)20(18,19)10-11-4-6-12(7-5-11)13-8-14(17)16-9-13;1-2;/h12-13H,5-11H2,1-4H3;8,11-12H,4-7,9-10H2,1-3H3,(H,16,17);1-2H2;1H2. The van der Waals surface area contributed by atoms with Crippen LogP contribution in [-0.2, 0) is 38.8 Å². The molecule has 1 amide bonds. The Morgan fingerprint density at radius 1 is 0.822 bits per heavy atom. The fourth-order valence-electron chi connectivity index (χ4n) is 5.69. The number of hydrogen-bond donors (Lipinski definition) is 3. The van der Waals surface area contributed by atoms with Gasteiger partial charge in [0.15, 0.2) is 19.7 Å². The number of nitrogens with two attached hydrogens (primary N) is 2. The summed E-state index contributed by atoms with van der Waals surface area (Å²) in [5.74, 6) is 8.70. The first-order valence-corrected chi connectivity index (χ1v) is 19.0. The van der Waals surface area contributed by atoms with Gasteiger partial charge in [-0.05, 0) is 123 Å². The molecule has 1 aliphatic heterocycles. The number of rotatable bonds is 9. The lowest BCUT2D eigenvalue weighted by molar-refractivity contribution is -0.146. The van der Waals surface area contributed by atoms with E-state index in [1.165, 1.54) is 5.57 Å². The predicted molar refractivity (Wildman–Crippen MR) is 177 cm³/mol. The molecule has 2 saturated carbocycles. The van der Waals surface area contributed by atoms with Gasteiger partial charge in [-0.1, -0.05) is 0 Å². The van der Waals surface area contributed by atoms with E-state index in [2.05, 4.69) is 17.0 Å². The van der Waals surface area contributed by atoms with Crippen LogP contribution in [-0.4, -0.2) is 74.1 Å². The summed E-state index contributed by atoms with van der Waals surface area (Å²) in [5.41, 5.74) is 1.20. The number of sulfone groups is 2. The predicted octanol–water partition coefficient (Wildman–Crippen LogP) is 2.58. The number of ketones is 1. The van der Waals surface area contributed by atoms with Gasteiger partial charge in [-0.3, -0.25) is 26.1 Å². The molecule has 7 N–H and O–H groups in total. The topological polar surface area (TPSA) is 224 Å². The number of carbonyl (C=O) groups is 3. The summed E-state index contributed by atoms with van der Waals surface area (Å²) >= 11 is 0. The van der Waals surface area contributed by atoms with E-state index in [1.54, 1.807) is 54.5 Å². The molecular weight excluding hydrogens is 622 g/mol. The van der Waals surface area contributed by atoms with Crippen LogP contribution >= 0.6 is 0 Å². The van der Waals surface area contributed by atoms with E-state index >= 15 is 0 Å². The molecule has 0 aromatic rings. The number of Topliss-reactive ketones (excluding diaryl/α,β-unsaturated/α-hetero) is 1. The van der Waals surface area contributed by atoms with Gasteiger partial charge >= 0.3 is 5.97 Å². The molecule has 1 heterocycles. The van der Waals surface area contributed by atoms with Crippen molar-refractivity contribution in [3.63, 3.8) is 0 Å². The molecule has 45 heavy (non-hydrogen) atoms. The highest BCUT2D eigenvalue weighted by molar-refractivity contribution is 7.93. The quantitative estimate of drug-likeness (QED) is 0.140. The van der Waals surface area contributed by atoms with Crippen LogP contribution in [0.1, 0.15) is 106 Å². The van der Waals surface area contributed by atoms with Crippen LogP contribution < -0.4 is 17.0 Å². The molecule has 0 aromatic carbocycles. The molecule has 0 unspecified atom stereocenters. The first-order valence-electron chi connectivity index (χ1n) is 15.7. The Bertz CT molecular complexity index is 1200. The molecular formula is C31H59N3O9S2. The molecule has 264 valence electrons. The van der Waals surface area contributed by atoms with Crippen LogP contribution in [0.25, 0.3) is 0 Å². The minimum absolute atomic E-state index is 0. The van der Waals surface area contributed by atoms with Crippen molar-refractivity contribution in [3.8, 4) is 0 Å². The minimum Gasteiger partial charge on any atom is -0.466 e. The Morgan fingerprint density at radius 2 is 1.24 bits per heavy atom. The average molecular weight is 682 g/mol. The summed E-state index contributed by atoms with van der Waals surface area (Å²) in [6, 6.07) is 0. The molecule has 0 radical (unpaired) electrons. The van der Waals surface area contributed by atoms with Crippen LogP contribution in [0.15, 0.2) is 11.6 Å². The van der Waals surface area contributed by atoms with Gasteiger partial charge in [0.2, 0.25) is 5.91 Å². The molecule has 3 aliphatic rings. The maximum Gasteiger partial charge on any atom is 0.313 e. The molecule has 3 rings (SSSR count). The molecule has 0 saturated heterocycles. The van der Waals surface area contributed by atoms with Gasteiger partial charge in [0.1, 0.15) is 12.2 Å². The van der Waals surface area contributed by atoms with E-state index in [0.717, 1.165) is 38.5 Å². The lowest BCUT2D eigenvalue weighted by Gasteiger charge is -2.31. The summed E-state index contributed by atoms with van der Waals surface area (Å²) in [4.78, 5) is 34.5. The van der Waals surface area contributed by atoms with Gasteiger partial charge in [-0.2, -0.15) is 0 Å². The number of esters is 1. The fourth-order valence-corrected chi connectivity index (χ4v) is 8.60. The Kier molecular flexibility index (Phi) is 17.7. The summed E-state index contributed by atoms with van der Waals surface area (Å²) in [5, 5.41) is 2.81. The SMILES string of the molecule is CC(C)(C)S(=O)(=O)CC1CCC(C2=CC(=O)NC2)CC1.CCOC(=O)CC(=O)C1CCC(CS(=O)(=O)C(C)(C)C)CC1.NN.O. The highest BCUT2D eigenvalue weighted by Gasteiger charge is 2.36. The van der Waals surface area contributed by atoms with E-state index < -0.39 is 35.1 Å². The Balaban J connectivity index is 0.000000801. The smallest absolute Gasteiger partial charge is 0.313 e. The van der Waals surface area contributed by atoms with Crippen molar-refractivity contribution in [2.75, 3.05) is 24.7 Å². The number of hydrazine groups is 1. The van der Waals surface area contributed by atoms with Crippen LogP contribution in [0.4, 0.5) is 0 Å². The average Bonchev–Trinajstić information content (AvgIpc) is 3.35. The summed E-state index contributed by atoms with van der Waals surface area (Å²) in [6.07, 6.45) is 8.27. The van der Waals surface area contributed by atoms with Gasteiger partial charge in [0.25, 0.3) is 0 Å². The van der Waals surface area contributed by atoms with Crippen LogP contribution in [0.2, 0.25) is 0 Å². The highest BCUT2D eigenvalue weighted by atomic mass is 32.2. The van der Waals surface area contributed by atoms with E-state index in [-0.39, 0.29) is 53.7 Å². The van der Waals surface area contributed by atoms with Crippen molar-refractivity contribution in [1.82, 2.24) is 5.32 Å². The van der Waals surface area contributed by atoms with Gasteiger partial charge in [-0.25, -0.2) is 16.8 Å². The Labute approximate surface area is 271 Å². The Hall–Kier alpha value is -1.87. The second kappa shape index (κ2) is 18.5. The van der Waals surface area contributed by atoms with Gasteiger partial charge in [0, 0.05) is 18.5 Å². The first kappa shape index (κ1) is 43.1. The highest BCUT2D eigenvalue weighted by Crippen LogP contribution is 2.36. The van der Waals surface area contributed by atoms with E-state index in [0.29, 0.717) is 31.1 Å². The van der Waals surface area contributed by atoms with Crippen molar-refractivity contribution in [1.29, 1.82) is 0 Å². The third-order valence-corrected chi connectivity index (χ3v) is 14.4. The van der Waals surface area contributed by atoms with Gasteiger partial charge in [-0.15, -0.1) is 0 Å². The van der Waals surface area contributed by atoms with Crippen LogP contribution in [0.5, 0.6) is 0 Å². The molecule has 14 heteroatoms. The van der Waals surface area contributed by atoms with E-state index in [1.807, 2.05) is 0 Å². The maximum atomic E-state index is 12.2. The second-order valence-electron chi connectivity index (χ2n) is 14.1. The lowest BCUT2D eigenvalue weighted by Crippen LogP contribution is -2.35. The molecule has 0 atom stereocenters. The molecule has 0 spiro atoms. The molecule has 0 bridgehead atoms. The molecule has 2 fully saturated rings. The summed E-state index contributed by atoms with van der Waals surface area (Å²) in [7, 11) is -6.14. The van der Waals surface area contributed by atoms with Crippen molar-refractivity contribution in [2.24, 2.45) is 35.4 Å². The van der Waals surface area contributed by atoms with Crippen molar-refractivity contribution >= 4 is 37.3 Å². The third kappa shape index (κ3) is 13.8. The lowest BCUT2D eigenvalue weighted by atomic mass is 9.79. The minimum atomic E-state index is -3.12. The van der Waals surface area contributed by atoms with Crippen molar-refractivity contribution < 1.29 is 41.4 Å². The van der Waals surface area contributed by atoms with E-state index in [4.69, 9.17) is 4.74 Å². The third-order valence-electron chi connectivity index (χ3n) is 8.86. The molecule has 2 aliphatic carbocycles.